The lowest BCUT2D eigenvalue weighted by Crippen LogP contribution is -2.53. The number of carboxylic acid groups (broad SMARTS) is 1. The van der Waals surface area contributed by atoms with E-state index in [0.717, 1.165) is 45.3 Å². The lowest BCUT2D eigenvalue weighted by atomic mass is 9.85. The van der Waals surface area contributed by atoms with Gasteiger partial charge in [0.25, 0.3) is 0 Å². The van der Waals surface area contributed by atoms with Crippen LogP contribution in [0.3, 0.4) is 0 Å². The van der Waals surface area contributed by atoms with E-state index in [0.29, 0.717) is 6.54 Å². The first-order valence-corrected chi connectivity index (χ1v) is 7.46. The Hall–Kier alpha value is -1.55. The van der Waals surface area contributed by atoms with Crippen molar-refractivity contribution in [2.24, 2.45) is 0 Å². The molecule has 0 bridgehead atoms. The van der Waals surface area contributed by atoms with E-state index in [9.17, 15) is 9.90 Å². The molecule has 0 aromatic heterocycles. The maximum absolute atomic E-state index is 11.4. The van der Waals surface area contributed by atoms with Crippen LogP contribution in [0.25, 0.3) is 0 Å². The molecule has 108 valence electrons. The molecule has 2 fully saturated rings. The Labute approximate surface area is 120 Å². The molecule has 2 heterocycles. The summed E-state index contributed by atoms with van der Waals surface area (Å²) >= 11 is 0. The standard InChI is InChI=1S/C16H22N2O2/c19-15(20)18-10-4-7-16(18)8-11-17(12-9-16)13-14-5-2-1-3-6-14/h1-3,5-6H,4,7-13H2,(H,19,20). The van der Waals surface area contributed by atoms with Crippen molar-refractivity contribution in [3.8, 4) is 0 Å². The van der Waals surface area contributed by atoms with E-state index in [4.69, 9.17) is 0 Å². The van der Waals surface area contributed by atoms with Gasteiger partial charge in [0.05, 0.1) is 0 Å². The molecule has 3 rings (SSSR count). The number of amides is 1. The first-order valence-electron chi connectivity index (χ1n) is 7.46. The molecule has 20 heavy (non-hydrogen) atoms. The highest BCUT2D eigenvalue weighted by atomic mass is 16.4. The van der Waals surface area contributed by atoms with Crippen molar-refractivity contribution in [1.29, 1.82) is 0 Å². The van der Waals surface area contributed by atoms with E-state index >= 15 is 0 Å². The number of rotatable bonds is 2. The van der Waals surface area contributed by atoms with Crippen LogP contribution in [0.15, 0.2) is 30.3 Å². The second kappa shape index (κ2) is 5.44. The molecule has 1 aromatic rings. The zero-order chi connectivity index (χ0) is 14.0. The Morgan fingerprint density at radius 1 is 1.10 bits per heavy atom. The van der Waals surface area contributed by atoms with E-state index in [-0.39, 0.29) is 5.54 Å². The molecule has 0 aliphatic carbocycles. The van der Waals surface area contributed by atoms with Gasteiger partial charge in [0.2, 0.25) is 0 Å². The predicted molar refractivity (Wildman–Crippen MR) is 77.6 cm³/mol. The largest absolute Gasteiger partial charge is 0.465 e. The number of carbonyl (C=O) groups is 1. The van der Waals surface area contributed by atoms with E-state index in [1.807, 2.05) is 6.07 Å². The topological polar surface area (TPSA) is 43.8 Å². The summed E-state index contributed by atoms with van der Waals surface area (Å²) < 4.78 is 0. The molecule has 0 atom stereocenters. The molecule has 1 amide bonds. The zero-order valence-electron chi connectivity index (χ0n) is 11.8. The van der Waals surface area contributed by atoms with Crippen LogP contribution in [0, 0.1) is 0 Å². The Bertz CT molecular complexity index is 467. The van der Waals surface area contributed by atoms with E-state index in [2.05, 4.69) is 29.2 Å². The lowest BCUT2D eigenvalue weighted by Gasteiger charge is -2.43. The molecular formula is C16H22N2O2. The van der Waals surface area contributed by atoms with Crippen LogP contribution in [-0.2, 0) is 6.54 Å². The Balaban J connectivity index is 1.61. The van der Waals surface area contributed by atoms with Crippen LogP contribution in [0.5, 0.6) is 0 Å². The number of benzene rings is 1. The van der Waals surface area contributed by atoms with Crippen molar-refractivity contribution in [2.45, 2.75) is 37.8 Å². The minimum atomic E-state index is -0.737. The van der Waals surface area contributed by atoms with E-state index < -0.39 is 6.09 Å². The molecule has 2 aliphatic rings. The van der Waals surface area contributed by atoms with E-state index in [1.54, 1.807) is 4.90 Å². The second-order valence-corrected chi connectivity index (χ2v) is 6.02. The van der Waals surface area contributed by atoms with Crippen molar-refractivity contribution >= 4 is 6.09 Å². The minimum Gasteiger partial charge on any atom is -0.465 e. The zero-order valence-corrected chi connectivity index (χ0v) is 11.8. The molecule has 0 radical (unpaired) electrons. The molecule has 1 aromatic carbocycles. The summed E-state index contributed by atoms with van der Waals surface area (Å²) in [7, 11) is 0. The summed E-state index contributed by atoms with van der Waals surface area (Å²) in [4.78, 5) is 15.5. The van der Waals surface area contributed by atoms with Crippen molar-refractivity contribution in [3.05, 3.63) is 35.9 Å². The molecule has 4 heteroatoms. The molecule has 4 nitrogen and oxygen atoms in total. The van der Waals surface area contributed by atoms with Crippen LogP contribution in [0.2, 0.25) is 0 Å². The molecular weight excluding hydrogens is 252 g/mol. The van der Waals surface area contributed by atoms with Gasteiger partial charge in [0, 0.05) is 31.7 Å². The molecule has 0 saturated carbocycles. The third-order valence-electron chi connectivity index (χ3n) is 4.86. The average molecular weight is 274 g/mol. The van der Waals surface area contributed by atoms with E-state index in [1.165, 1.54) is 5.56 Å². The fourth-order valence-electron chi connectivity index (χ4n) is 3.73. The minimum absolute atomic E-state index is 0.0704. The smallest absolute Gasteiger partial charge is 0.407 e. The molecule has 1 spiro atoms. The van der Waals surface area contributed by atoms with Gasteiger partial charge >= 0.3 is 6.09 Å². The average Bonchev–Trinajstić information content (AvgIpc) is 2.87. The number of hydrogen-bond acceptors (Lipinski definition) is 2. The van der Waals surface area contributed by atoms with Gasteiger partial charge in [-0.25, -0.2) is 4.79 Å². The van der Waals surface area contributed by atoms with Crippen LogP contribution < -0.4 is 0 Å². The third-order valence-corrected chi connectivity index (χ3v) is 4.86. The molecule has 2 aliphatic heterocycles. The van der Waals surface area contributed by atoms with Gasteiger partial charge in [0.1, 0.15) is 0 Å². The van der Waals surface area contributed by atoms with Crippen molar-refractivity contribution in [1.82, 2.24) is 9.80 Å². The first kappa shape index (κ1) is 13.4. The molecule has 1 N–H and O–H groups in total. The summed E-state index contributed by atoms with van der Waals surface area (Å²) in [6, 6.07) is 10.5. The highest BCUT2D eigenvalue weighted by Crippen LogP contribution is 2.38. The summed E-state index contributed by atoms with van der Waals surface area (Å²) in [5.74, 6) is 0. The van der Waals surface area contributed by atoms with Crippen molar-refractivity contribution in [3.63, 3.8) is 0 Å². The highest BCUT2D eigenvalue weighted by Gasteiger charge is 2.45. The maximum atomic E-state index is 11.4. The van der Waals surface area contributed by atoms with Gasteiger partial charge in [-0.3, -0.25) is 4.90 Å². The quantitative estimate of drug-likeness (QED) is 0.902. The molecule has 0 unspecified atom stereocenters. The fraction of sp³-hybridized carbons (Fsp3) is 0.562. The Morgan fingerprint density at radius 3 is 2.45 bits per heavy atom. The summed E-state index contributed by atoms with van der Waals surface area (Å²) in [6.45, 7) is 3.69. The van der Waals surface area contributed by atoms with Crippen molar-refractivity contribution in [2.75, 3.05) is 19.6 Å². The van der Waals surface area contributed by atoms with Gasteiger partial charge in [-0.05, 0) is 31.2 Å². The van der Waals surface area contributed by atoms with Crippen LogP contribution in [-0.4, -0.2) is 46.2 Å². The number of likely N-dealkylation sites (tertiary alicyclic amines) is 2. The van der Waals surface area contributed by atoms with Gasteiger partial charge in [-0.1, -0.05) is 30.3 Å². The molecule has 2 saturated heterocycles. The van der Waals surface area contributed by atoms with Gasteiger partial charge in [0.15, 0.2) is 0 Å². The predicted octanol–water partition coefficient (Wildman–Crippen LogP) is 2.80. The number of hydrogen-bond donors (Lipinski definition) is 1. The van der Waals surface area contributed by atoms with Gasteiger partial charge in [-0.15, -0.1) is 0 Å². The summed E-state index contributed by atoms with van der Waals surface area (Å²) in [5.41, 5.74) is 1.27. The monoisotopic (exact) mass is 274 g/mol. The van der Waals surface area contributed by atoms with Gasteiger partial charge in [-0.2, -0.15) is 0 Å². The Kier molecular flexibility index (Phi) is 3.66. The number of piperidine rings is 1. The second-order valence-electron chi connectivity index (χ2n) is 6.02. The summed E-state index contributed by atoms with van der Waals surface area (Å²) in [6.07, 6.45) is 3.28. The SMILES string of the molecule is O=C(O)N1CCCC12CCN(Cc1ccccc1)CC2. The summed E-state index contributed by atoms with van der Waals surface area (Å²) in [5, 5.41) is 9.34. The van der Waals surface area contributed by atoms with Crippen molar-refractivity contribution < 1.29 is 9.90 Å². The third kappa shape index (κ3) is 2.52. The highest BCUT2D eigenvalue weighted by molar-refractivity contribution is 5.66. The van der Waals surface area contributed by atoms with Crippen LogP contribution in [0.4, 0.5) is 4.79 Å². The Morgan fingerprint density at radius 2 is 1.80 bits per heavy atom. The lowest BCUT2D eigenvalue weighted by molar-refractivity contribution is 0.0498. The van der Waals surface area contributed by atoms with Crippen LogP contribution >= 0.6 is 0 Å². The fourth-order valence-corrected chi connectivity index (χ4v) is 3.73. The maximum Gasteiger partial charge on any atom is 0.407 e. The van der Waals surface area contributed by atoms with Gasteiger partial charge < -0.3 is 10.0 Å². The van der Waals surface area contributed by atoms with Crippen LogP contribution in [0.1, 0.15) is 31.2 Å². The number of nitrogens with zero attached hydrogens (tertiary/aromatic N) is 2. The first-order chi connectivity index (χ1) is 9.70. The normalized spacial score (nSPS) is 22.3.